The van der Waals surface area contributed by atoms with Crippen molar-refractivity contribution in [3.63, 3.8) is 0 Å². The highest BCUT2D eigenvalue weighted by molar-refractivity contribution is 7.17. The molecule has 2 aromatic carbocycles. The van der Waals surface area contributed by atoms with Crippen LogP contribution in [0.1, 0.15) is 15.4 Å². The molecule has 0 saturated heterocycles. The van der Waals surface area contributed by atoms with Crippen molar-refractivity contribution in [2.45, 2.75) is 6.92 Å². The molecule has 138 valence electrons. The van der Waals surface area contributed by atoms with Crippen molar-refractivity contribution < 1.29 is 23.4 Å². The topological polar surface area (TPSA) is 69.7 Å². The average Bonchev–Trinajstić information content (AvgIpc) is 3.27. The molecule has 0 bridgehead atoms. The van der Waals surface area contributed by atoms with Gasteiger partial charge in [0.15, 0.2) is 11.5 Å². The molecule has 1 amide bonds. The van der Waals surface area contributed by atoms with Crippen LogP contribution in [0.5, 0.6) is 17.2 Å². The minimum atomic E-state index is -0.453. The van der Waals surface area contributed by atoms with Crippen molar-refractivity contribution in [1.29, 1.82) is 0 Å². The Morgan fingerprint density at radius 3 is 2.89 bits per heavy atom. The summed E-state index contributed by atoms with van der Waals surface area (Å²) in [4.78, 5) is 17.4. The maximum Gasteiger partial charge on any atom is 0.267 e. The van der Waals surface area contributed by atoms with Gasteiger partial charge in [0.05, 0.1) is 18.4 Å². The van der Waals surface area contributed by atoms with Crippen molar-refractivity contribution in [2.24, 2.45) is 0 Å². The standard InChI is InChI=1S/C19H15FN2O4S/c1-10-17(18(23)22-11-6-7-13-15(8-11)26-9-25-13)27-19(21-10)16-12(20)4-3-5-14(16)24-2/h3-8H,9H2,1-2H3,(H,22,23). The van der Waals surface area contributed by atoms with E-state index in [1.54, 1.807) is 37.3 Å². The molecule has 27 heavy (non-hydrogen) atoms. The number of aryl methyl sites for hydroxylation is 1. The predicted molar refractivity (Wildman–Crippen MR) is 99.3 cm³/mol. The Bertz CT molecular complexity index is 1030. The largest absolute Gasteiger partial charge is 0.496 e. The quantitative estimate of drug-likeness (QED) is 0.726. The van der Waals surface area contributed by atoms with E-state index in [4.69, 9.17) is 14.2 Å². The van der Waals surface area contributed by atoms with Gasteiger partial charge in [0.1, 0.15) is 21.5 Å². The van der Waals surface area contributed by atoms with E-state index < -0.39 is 5.82 Å². The molecule has 2 heterocycles. The number of nitrogens with one attached hydrogen (secondary N) is 1. The molecule has 1 aromatic heterocycles. The minimum absolute atomic E-state index is 0.161. The monoisotopic (exact) mass is 386 g/mol. The van der Waals surface area contributed by atoms with Crippen LogP contribution in [-0.4, -0.2) is 24.8 Å². The van der Waals surface area contributed by atoms with Gasteiger partial charge < -0.3 is 19.5 Å². The SMILES string of the molecule is COc1cccc(F)c1-c1nc(C)c(C(=O)Nc2ccc3c(c2)OCO3)s1. The lowest BCUT2D eigenvalue weighted by atomic mass is 10.2. The van der Waals surface area contributed by atoms with Crippen LogP contribution >= 0.6 is 11.3 Å². The number of benzene rings is 2. The summed E-state index contributed by atoms with van der Waals surface area (Å²) in [6, 6.07) is 9.70. The van der Waals surface area contributed by atoms with E-state index in [1.807, 2.05) is 0 Å². The van der Waals surface area contributed by atoms with E-state index in [9.17, 15) is 9.18 Å². The third-order valence-electron chi connectivity index (χ3n) is 4.04. The fraction of sp³-hybridized carbons (Fsp3) is 0.158. The van der Waals surface area contributed by atoms with Gasteiger partial charge in [-0.15, -0.1) is 11.3 Å². The Morgan fingerprint density at radius 1 is 1.26 bits per heavy atom. The van der Waals surface area contributed by atoms with Crippen LogP contribution in [0.2, 0.25) is 0 Å². The molecule has 0 unspecified atom stereocenters. The number of methoxy groups -OCH3 is 1. The second-order valence-corrected chi connectivity index (χ2v) is 6.77. The van der Waals surface area contributed by atoms with E-state index in [2.05, 4.69) is 10.3 Å². The number of halogens is 1. The summed E-state index contributed by atoms with van der Waals surface area (Å²) in [6.45, 7) is 1.87. The minimum Gasteiger partial charge on any atom is -0.496 e. The molecule has 1 aliphatic rings. The van der Waals surface area contributed by atoms with Gasteiger partial charge >= 0.3 is 0 Å². The molecule has 1 aliphatic heterocycles. The Kier molecular flexibility index (Phi) is 4.41. The summed E-state index contributed by atoms with van der Waals surface area (Å²) < 4.78 is 30.1. The van der Waals surface area contributed by atoms with E-state index in [0.29, 0.717) is 38.5 Å². The van der Waals surface area contributed by atoms with E-state index >= 15 is 0 Å². The smallest absolute Gasteiger partial charge is 0.267 e. The van der Waals surface area contributed by atoms with Gasteiger partial charge in [0.2, 0.25) is 6.79 Å². The molecule has 0 fully saturated rings. The van der Waals surface area contributed by atoms with E-state index in [0.717, 1.165) is 11.3 Å². The molecule has 1 N–H and O–H groups in total. The number of nitrogens with zero attached hydrogens (tertiary/aromatic N) is 1. The van der Waals surface area contributed by atoms with E-state index in [1.165, 1.54) is 13.2 Å². The van der Waals surface area contributed by atoms with Gasteiger partial charge in [-0.3, -0.25) is 4.79 Å². The van der Waals surface area contributed by atoms with Crippen LogP contribution in [0.25, 0.3) is 10.6 Å². The molecule has 0 spiro atoms. The van der Waals surface area contributed by atoms with Crippen molar-refractivity contribution in [2.75, 3.05) is 19.2 Å². The van der Waals surface area contributed by atoms with Gasteiger partial charge in [-0.05, 0) is 31.2 Å². The molecule has 0 saturated carbocycles. The Morgan fingerprint density at radius 2 is 2.07 bits per heavy atom. The number of rotatable bonds is 4. The van der Waals surface area contributed by atoms with Gasteiger partial charge in [-0.1, -0.05) is 6.07 Å². The first kappa shape index (κ1) is 17.3. The third-order valence-corrected chi connectivity index (χ3v) is 5.22. The number of anilines is 1. The number of aromatic nitrogens is 1. The highest BCUT2D eigenvalue weighted by Crippen LogP contribution is 2.37. The van der Waals surface area contributed by atoms with Crippen molar-refractivity contribution >= 4 is 22.9 Å². The molecular formula is C19H15FN2O4S. The number of hydrogen-bond donors (Lipinski definition) is 1. The zero-order valence-corrected chi connectivity index (χ0v) is 15.4. The Labute approximate surface area is 158 Å². The van der Waals surface area contributed by atoms with Gasteiger partial charge in [0.25, 0.3) is 5.91 Å². The summed E-state index contributed by atoms with van der Waals surface area (Å²) in [6.07, 6.45) is 0. The summed E-state index contributed by atoms with van der Waals surface area (Å²) >= 11 is 1.11. The number of fused-ring (bicyclic) bond motifs is 1. The summed E-state index contributed by atoms with van der Waals surface area (Å²) in [5.74, 6) is 0.796. The van der Waals surface area contributed by atoms with Crippen LogP contribution in [0, 0.1) is 12.7 Å². The average molecular weight is 386 g/mol. The first-order valence-corrected chi connectivity index (χ1v) is 8.90. The molecular weight excluding hydrogens is 371 g/mol. The highest BCUT2D eigenvalue weighted by atomic mass is 32.1. The third kappa shape index (κ3) is 3.19. The lowest BCUT2D eigenvalue weighted by molar-refractivity contribution is 0.103. The van der Waals surface area contributed by atoms with Crippen molar-refractivity contribution in [3.05, 3.63) is 52.8 Å². The Balaban J connectivity index is 1.63. The lowest BCUT2D eigenvalue weighted by Crippen LogP contribution is -2.11. The van der Waals surface area contributed by atoms with Crippen LogP contribution in [0.15, 0.2) is 36.4 Å². The molecule has 3 aromatic rings. The number of carbonyl (C=O) groups excluding carboxylic acids is 1. The maximum absolute atomic E-state index is 14.3. The summed E-state index contributed by atoms with van der Waals surface area (Å²) in [5, 5.41) is 3.19. The fourth-order valence-corrected chi connectivity index (χ4v) is 3.77. The molecule has 0 aliphatic carbocycles. The second kappa shape index (κ2) is 6.88. The first-order chi connectivity index (χ1) is 13.1. The maximum atomic E-state index is 14.3. The van der Waals surface area contributed by atoms with Gasteiger partial charge in [-0.2, -0.15) is 0 Å². The van der Waals surface area contributed by atoms with Crippen molar-refractivity contribution in [1.82, 2.24) is 4.98 Å². The number of ether oxygens (including phenoxy) is 3. The molecule has 4 rings (SSSR count). The van der Waals surface area contributed by atoms with E-state index in [-0.39, 0.29) is 18.3 Å². The zero-order chi connectivity index (χ0) is 19.0. The van der Waals surface area contributed by atoms with Crippen LogP contribution in [0.3, 0.4) is 0 Å². The molecule has 8 heteroatoms. The number of hydrogen-bond acceptors (Lipinski definition) is 6. The first-order valence-electron chi connectivity index (χ1n) is 8.08. The molecule has 6 nitrogen and oxygen atoms in total. The normalized spacial score (nSPS) is 12.1. The fourth-order valence-electron chi connectivity index (χ4n) is 2.76. The Hall–Kier alpha value is -3.13. The lowest BCUT2D eigenvalue weighted by Gasteiger charge is -2.06. The number of amides is 1. The van der Waals surface area contributed by atoms with Crippen molar-refractivity contribution in [3.8, 4) is 27.8 Å². The van der Waals surface area contributed by atoms with Crippen LogP contribution in [-0.2, 0) is 0 Å². The van der Waals surface area contributed by atoms with Gasteiger partial charge in [-0.25, -0.2) is 9.37 Å². The van der Waals surface area contributed by atoms with Gasteiger partial charge in [0, 0.05) is 11.8 Å². The number of thiazole rings is 1. The van der Waals surface area contributed by atoms with Crippen LogP contribution < -0.4 is 19.5 Å². The zero-order valence-electron chi connectivity index (χ0n) is 14.5. The molecule has 0 radical (unpaired) electrons. The predicted octanol–water partition coefficient (Wildman–Crippen LogP) is 4.25. The van der Waals surface area contributed by atoms with Crippen LogP contribution in [0.4, 0.5) is 10.1 Å². The summed E-state index contributed by atoms with van der Waals surface area (Å²) in [5.41, 5.74) is 1.33. The molecule has 0 atom stereocenters. The summed E-state index contributed by atoms with van der Waals surface area (Å²) in [7, 11) is 1.46. The number of carbonyl (C=O) groups is 1. The second-order valence-electron chi connectivity index (χ2n) is 5.77. The highest BCUT2D eigenvalue weighted by Gasteiger charge is 2.21.